The first-order valence-electron chi connectivity index (χ1n) is 7.77. The highest BCUT2D eigenvalue weighted by atomic mass is 32.1. The number of unbranched alkanes of at least 4 members (excludes halogenated alkanes) is 1. The molecule has 0 saturated carbocycles. The number of hydrogen-bond donors (Lipinski definition) is 1. The van der Waals surface area contributed by atoms with Gasteiger partial charge in [-0.15, -0.1) is 11.3 Å². The van der Waals surface area contributed by atoms with Crippen LogP contribution in [-0.2, 0) is 0 Å². The van der Waals surface area contributed by atoms with Crippen LogP contribution in [0.1, 0.15) is 48.0 Å². The van der Waals surface area contributed by atoms with E-state index < -0.39 is 0 Å². The van der Waals surface area contributed by atoms with Crippen LogP contribution in [0.25, 0.3) is 0 Å². The minimum Gasteiger partial charge on any atom is -0.494 e. The van der Waals surface area contributed by atoms with Crippen molar-refractivity contribution in [1.82, 2.24) is 5.32 Å². The van der Waals surface area contributed by atoms with E-state index in [-0.39, 0.29) is 6.04 Å². The number of thiophene rings is 1. The predicted molar refractivity (Wildman–Crippen MR) is 91.4 cm³/mol. The van der Waals surface area contributed by atoms with Gasteiger partial charge in [-0.2, -0.15) is 0 Å². The Morgan fingerprint density at radius 1 is 1.10 bits per heavy atom. The zero-order valence-corrected chi connectivity index (χ0v) is 14.0. The summed E-state index contributed by atoms with van der Waals surface area (Å²) in [6.45, 7) is 8.24. The van der Waals surface area contributed by atoms with Crippen LogP contribution >= 0.6 is 11.3 Å². The number of benzene rings is 1. The summed E-state index contributed by atoms with van der Waals surface area (Å²) in [5.74, 6) is 0.963. The molecule has 0 fully saturated rings. The summed E-state index contributed by atoms with van der Waals surface area (Å²) >= 11 is 1.86. The largest absolute Gasteiger partial charge is 0.494 e. The lowest BCUT2D eigenvalue weighted by atomic mass is 10.1. The van der Waals surface area contributed by atoms with Crippen molar-refractivity contribution in [3.63, 3.8) is 0 Å². The second kappa shape index (κ2) is 8.20. The van der Waals surface area contributed by atoms with E-state index in [1.165, 1.54) is 15.3 Å². The molecule has 1 aromatic heterocycles. The summed E-state index contributed by atoms with van der Waals surface area (Å²) in [6.07, 6.45) is 2.27. The van der Waals surface area contributed by atoms with E-state index in [1.807, 2.05) is 11.3 Å². The van der Waals surface area contributed by atoms with Gasteiger partial charge in [-0.3, -0.25) is 0 Å². The molecule has 0 saturated heterocycles. The fourth-order valence-electron chi connectivity index (χ4n) is 2.29. The summed E-state index contributed by atoms with van der Waals surface area (Å²) in [4.78, 5) is 2.72. The molecule has 0 aliphatic rings. The van der Waals surface area contributed by atoms with E-state index in [0.29, 0.717) is 0 Å². The molecule has 0 spiro atoms. The second-order valence-corrected chi connectivity index (χ2v) is 6.53. The summed E-state index contributed by atoms with van der Waals surface area (Å²) in [7, 11) is 0. The molecule has 1 unspecified atom stereocenters. The molecule has 0 amide bonds. The van der Waals surface area contributed by atoms with Crippen LogP contribution in [0, 0.1) is 6.92 Å². The van der Waals surface area contributed by atoms with Crippen LogP contribution in [0.5, 0.6) is 5.75 Å². The molecule has 1 N–H and O–H groups in total. The van der Waals surface area contributed by atoms with E-state index in [0.717, 1.165) is 31.7 Å². The topological polar surface area (TPSA) is 21.3 Å². The second-order valence-electron chi connectivity index (χ2n) is 5.21. The highest BCUT2D eigenvalue weighted by molar-refractivity contribution is 7.12. The lowest BCUT2D eigenvalue weighted by Gasteiger charge is -2.17. The van der Waals surface area contributed by atoms with Crippen molar-refractivity contribution in [3.8, 4) is 5.75 Å². The third kappa shape index (κ3) is 4.58. The molecule has 0 aliphatic carbocycles. The van der Waals surface area contributed by atoms with E-state index in [1.54, 1.807) is 0 Å². The van der Waals surface area contributed by atoms with Crippen molar-refractivity contribution in [2.45, 2.75) is 39.7 Å². The number of aryl methyl sites for hydroxylation is 1. The van der Waals surface area contributed by atoms with Crippen molar-refractivity contribution in [2.24, 2.45) is 0 Å². The first kappa shape index (κ1) is 16.1. The van der Waals surface area contributed by atoms with Crippen molar-refractivity contribution in [1.29, 1.82) is 0 Å². The van der Waals surface area contributed by atoms with Crippen molar-refractivity contribution in [2.75, 3.05) is 13.2 Å². The van der Waals surface area contributed by atoms with Crippen LogP contribution in [0.15, 0.2) is 36.4 Å². The Bertz CT molecular complexity index is 532. The molecular weight excluding hydrogens is 278 g/mol. The zero-order chi connectivity index (χ0) is 15.1. The molecule has 2 nitrogen and oxygen atoms in total. The maximum Gasteiger partial charge on any atom is 0.119 e. The molecular formula is C18H25NOS. The van der Waals surface area contributed by atoms with Crippen molar-refractivity contribution < 1.29 is 4.74 Å². The fraction of sp³-hybridized carbons (Fsp3) is 0.444. The molecule has 1 atom stereocenters. The number of ether oxygens (including phenoxy) is 1. The molecule has 21 heavy (non-hydrogen) atoms. The third-order valence-corrected chi connectivity index (χ3v) is 4.50. The molecule has 3 heteroatoms. The molecule has 0 bridgehead atoms. The van der Waals surface area contributed by atoms with Gasteiger partial charge in [0.05, 0.1) is 12.6 Å². The predicted octanol–water partition coefficient (Wildman–Crippen LogP) is 4.93. The van der Waals surface area contributed by atoms with Crippen molar-refractivity contribution in [3.05, 3.63) is 51.7 Å². The number of rotatable bonds is 8. The van der Waals surface area contributed by atoms with Gasteiger partial charge in [0, 0.05) is 9.75 Å². The first-order valence-corrected chi connectivity index (χ1v) is 8.58. The van der Waals surface area contributed by atoms with Crippen LogP contribution in [0.4, 0.5) is 0 Å². The highest BCUT2D eigenvalue weighted by Crippen LogP contribution is 2.29. The molecule has 2 rings (SSSR count). The van der Waals surface area contributed by atoms with Gasteiger partial charge in [0.1, 0.15) is 5.75 Å². The van der Waals surface area contributed by atoms with Crippen molar-refractivity contribution >= 4 is 11.3 Å². The quantitative estimate of drug-likeness (QED) is 0.698. The Balaban J connectivity index is 2.10. The average molecular weight is 303 g/mol. The molecule has 0 aliphatic heterocycles. The molecule has 114 valence electrons. The standard InChI is InChI=1S/C18H25NOS/c1-4-6-13-20-16-10-8-15(9-11-16)18(19-5-2)17-12-7-14(3)21-17/h7-12,18-19H,4-6,13H2,1-3H3. The normalized spacial score (nSPS) is 12.3. The van der Waals surface area contributed by atoms with Crippen LogP contribution in [-0.4, -0.2) is 13.2 Å². The maximum atomic E-state index is 5.73. The van der Waals surface area contributed by atoms with E-state index in [4.69, 9.17) is 4.74 Å². The Hall–Kier alpha value is -1.32. The average Bonchev–Trinajstić information content (AvgIpc) is 2.92. The van der Waals surface area contributed by atoms with E-state index in [9.17, 15) is 0 Å². The first-order chi connectivity index (χ1) is 10.2. The lowest BCUT2D eigenvalue weighted by molar-refractivity contribution is 0.309. The fourth-order valence-corrected chi connectivity index (χ4v) is 3.27. The molecule has 2 aromatic rings. The minimum atomic E-state index is 0.276. The molecule has 1 aromatic carbocycles. The van der Waals surface area contributed by atoms with Gasteiger partial charge in [0.25, 0.3) is 0 Å². The van der Waals surface area contributed by atoms with E-state index in [2.05, 4.69) is 62.5 Å². The van der Waals surface area contributed by atoms with Crippen LogP contribution in [0.2, 0.25) is 0 Å². The van der Waals surface area contributed by atoms with Gasteiger partial charge >= 0.3 is 0 Å². The van der Waals surface area contributed by atoms with Gasteiger partial charge in [-0.05, 0) is 49.7 Å². The Morgan fingerprint density at radius 3 is 2.43 bits per heavy atom. The maximum absolute atomic E-state index is 5.73. The number of nitrogens with one attached hydrogen (secondary N) is 1. The van der Waals surface area contributed by atoms with Gasteiger partial charge in [-0.25, -0.2) is 0 Å². The Kier molecular flexibility index (Phi) is 6.27. The van der Waals surface area contributed by atoms with Gasteiger partial charge in [0.2, 0.25) is 0 Å². The lowest BCUT2D eigenvalue weighted by Crippen LogP contribution is -2.20. The highest BCUT2D eigenvalue weighted by Gasteiger charge is 2.14. The van der Waals surface area contributed by atoms with E-state index >= 15 is 0 Å². The Morgan fingerprint density at radius 2 is 1.86 bits per heavy atom. The minimum absolute atomic E-state index is 0.276. The van der Waals surface area contributed by atoms with Gasteiger partial charge in [-0.1, -0.05) is 32.4 Å². The SMILES string of the molecule is CCCCOc1ccc(C(NCC)c2ccc(C)s2)cc1. The summed E-state index contributed by atoms with van der Waals surface area (Å²) < 4.78 is 5.73. The smallest absolute Gasteiger partial charge is 0.119 e. The summed E-state index contributed by atoms with van der Waals surface area (Å²) in [6, 6.07) is 13.2. The monoisotopic (exact) mass is 303 g/mol. The van der Waals surface area contributed by atoms with Crippen LogP contribution in [0.3, 0.4) is 0 Å². The van der Waals surface area contributed by atoms with Gasteiger partial charge < -0.3 is 10.1 Å². The zero-order valence-electron chi connectivity index (χ0n) is 13.2. The summed E-state index contributed by atoms with van der Waals surface area (Å²) in [5, 5.41) is 3.57. The number of hydrogen-bond acceptors (Lipinski definition) is 3. The van der Waals surface area contributed by atoms with Gasteiger partial charge in [0.15, 0.2) is 0 Å². The summed E-state index contributed by atoms with van der Waals surface area (Å²) in [5.41, 5.74) is 1.29. The Labute approximate surface area is 132 Å². The van der Waals surface area contributed by atoms with Crippen LogP contribution < -0.4 is 10.1 Å². The molecule has 1 heterocycles. The molecule has 0 radical (unpaired) electrons. The third-order valence-electron chi connectivity index (χ3n) is 3.43.